The molecule has 1 amide bonds. The van der Waals surface area contributed by atoms with Gasteiger partial charge >= 0.3 is 0 Å². The van der Waals surface area contributed by atoms with Crippen LogP contribution in [0.2, 0.25) is 0 Å². The van der Waals surface area contributed by atoms with Crippen LogP contribution in [0.4, 0.5) is 13.2 Å². The van der Waals surface area contributed by atoms with Crippen molar-refractivity contribution in [1.29, 1.82) is 0 Å². The molecule has 0 spiro atoms. The van der Waals surface area contributed by atoms with Crippen molar-refractivity contribution in [2.24, 2.45) is 0 Å². The lowest BCUT2D eigenvalue weighted by molar-refractivity contribution is -0.133. The third-order valence-electron chi connectivity index (χ3n) is 5.49. The molecular formula is C20H22BrF3N4O. The lowest BCUT2D eigenvalue weighted by Crippen LogP contribution is -2.49. The van der Waals surface area contributed by atoms with Gasteiger partial charge in [0.2, 0.25) is 5.91 Å². The van der Waals surface area contributed by atoms with Crippen molar-refractivity contribution in [3.63, 3.8) is 0 Å². The fraction of sp³-hybridized carbons (Fsp3) is 0.500. The van der Waals surface area contributed by atoms with E-state index in [1.54, 1.807) is 17.0 Å². The Morgan fingerprint density at radius 2 is 1.86 bits per heavy atom. The zero-order valence-electron chi connectivity index (χ0n) is 15.8. The summed E-state index contributed by atoms with van der Waals surface area (Å²) in [6.45, 7) is 2.79. The fourth-order valence-electron chi connectivity index (χ4n) is 3.73. The Morgan fingerprint density at radius 1 is 1.17 bits per heavy atom. The number of carbonyl (C=O) groups excluding carboxylic acids is 1. The highest BCUT2D eigenvalue weighted by Crippen LogP contribution is 2.45. The summed E-state index contributed by atoms with van der Waals surface area (Å²) >= 11 is 3.25. The molecule has 1 saturated carbocycles. The Hall–Kier alpha value is -1.87. The average molecular weight is 471 g/mol. The predicted octanol–water partition coefficient (Wildman–Crippen LogP) is 3.94. The zero-order valence-corrected chi connectivity index (χ0v) is 17.4. The Kier molecular flexibility index (Phi) is 5.96. The van der Waals surface area contributed by atoms with Gasteiger partial charge in [0.15, 0.2) is 0 Å². The van der Waals surface area contributed by atoms with Crippen molar-refractivity contribution in [2.75, 3.05) is 26.2 Å². The van der Waals surface area contributed by atoms with Gasteiger partial charge in [-0.1, -0.05) is 18.2 Å². The number of alkyl halides is 2. The second kappa shape index (κ2) is 8.47. The number of hydrogen-bond donors (Lipinski definition) is 0. The number of nitrogens with zero attached hydrogens (tertiary/aromatic N) is 4. The minimum atomic E-state index is -2.68. The van der Waals surface area contributed by atoms with Crippen molar-refractivity contribution in [2.45, 2.75) is 38.3 Å². The molecule has 5 nitrogen and oxygen atoms in total. The summed E-state index contributed by atoms with van der Waals surface area (Å²) in [4.78, 5) is 16.6. The van der Waals surface area contributed by atoms with Crippen molar-refractivity contribution >= 4 is 21.8 Å². The molecular weight excluding hydrogens is 449 g/mol. The average Bonchev–Trinajstić information content (AvgIpc) is 3.47. The Balaban J connectivity index is 1.37. The first kappa shape index (κ1) is 20.4. The van der Waals surface area contributed by atoms with Crippen molar-refractivity contribution in [3.05, 3.63) is 51.5 Å². The first-order valence-corrected chi connectivity index (χ1v) is 10.5. The number of rotatable bonds is 6. The second-order valence-electron chi connectivity index (χ2n) is 7.57. The summed E-state index contributed by atoms with van der Waals surface area (Å²) in [5.74, 6) is -0.166. The lowest BCUT2D eigenvalue weighted by atomic mass is 10.2. The van der Waals surface area contributed by atoms with Gasteiger partial charge in [0.05, 0.1) is 10.2 Å². The first-order valence-electron chi connectivity index (χ1n) is 9.72. The number of aromatic nitrogens is 2. The number of piperazine rings is 1. The fourth-order valence-corrected chi connectivity index (χ4v) is 4.51. The maximum atomic E-state index is 13.8. The van der Waals surface area contributed by atoms with Crippen LogP contribution in [0.5, 0.6) is 0 Å². The molecule has 1 aromatic heterocycles. The van der Waals surface area contributed by atoms with E-state index < -0.39 is 6.43 Å². The van der Waals surface area contributed by atoms with Gasteiger partial charge in [-0.25, -0.2) is 13.2 Å². The van der Waals surface area contributed by atoms with E-state index >= 15 is 0 Å². The Morgan fingerprint density at radius 3 is 2.48 bits per heavy atom. The van der Waals surface area contributed by atoms with Crippen LogP contribution in [0.1, 0.15) is 42.1 Å². The highest BCUT2D eigenvalue weighted by Gasteiger charge is 2.34. The first-order chi connectivity index (χ1) is 13.9. The Bertz CT molecular complexity index is 892. The summed E-state index contributed by atoms with van der Waals surface area (Å²) in [6.07, 6.45) is -0.827. The van der Waals surface area contributed by atoms with Crippen molar-refractivity contribution < 1.29 is 18.0 Å². The highest BCUT2D eigenvalue weighted by atomic mass is 79.9. The van der Waals surface area contributed by atoms with E-state index in [4.69, 9.17) is 0 Å². The predicted molar refractivity (Wildman–Crippen MR) is 105 cm³/mol. The molecule has 1 aliphatic carbocycles. The van der Waals surface area contributed by atoms with Gasteiger partial charge in [0, 0.05) is 44.2 Å². The van der Waals surface area contributed by atoms with Gasteiger partial charge in [-0.3, -0.25) is 14.4 Å². The minimum Gasteiger partial charge on any atom is -0.339 e. The Labute approximate surface area is 175 Å². The van der Waals surface area contributed by atoms with Gasteiger partial charge in [-0.05, 0) is 34.8 Å². The molecule has 0 bridgehead atoms. The number of halogens is 4. The maximum absolute atomic E-state index is 13.8. The number of benzene rings is 1. The highest BCUT2D eigenvalue weighted by molar-refractivity contribution is 9.10. The number of hydrogen-bond acceptors (Lipinski definition) is 3. The van der Waals surface area contributed by atoms with Crippen LogP contribution in [-0.4, -0.2) is 51.7 Å². The minimum absolute atomic E-state index is 0.0372. The molecule has 9 heteroatoms. The van der Waals surface area contributed by atoms with E-state index in [-0.39, 0.29) is 29.9 Å². The normalized spacial score (nSPS) is 17.9. The number of amides is 1. The second-order valence-corrected chi connectivity index (χ2v) is 8.36. The maximum Gasteiger partial charge on any atom is 0.283 e. The molecule has 2 heterocycles. The molecule has 0 unspecified atom stereocenters. The summed E-state index contributed by atoms with van der Waals surface area (Å²) < 4.78 is 42.0. The van der Waals surface area contributed by atoms with Crippen molar-refractivity contribution in [1.82, 2.24) is 19.6 Å². The molecule has 0 radical (unpaired) electrons. The van der Waals surface area contributed by atoms with Gasteiger partial charge in [0.25, 0.3) is 6.43 Å². The molecule has 1 aliphatic heterocycles. The van der Waals surface area contributed by atoms with E-state index in [9.17, 15) is 18.0 Å². The molecule has 0 N–H and O–H groups in total. The molecule has 2 fully saturated rings. The molecule has 0 atom stereocenters. The molecule has 156 valence electrons. The van der Waals surface area contributed by atoms with Crippen LogP contribution in [0.3, 0.4) is 0 Å². The topological polar surface area (TPSA) is 41.4 Å². The lowest BCUT2D eigenvalue weighted by Gasteiger charge is -2.34. The third-order valence-corrected chi connectivity index (χ3v) is 6.30. The van der Waals surface area contributed by atoms with Gasteiger partial charge in [-0.2, -0.15) is 5.10 Å². The molecule has 29 heavy (non-hydrogen) atoms. The largest absolute Gasteiger partial charge is 0.339 e. The van der Waals surface area contributed by atoms with Crippen LogP contribution in [0.15, 0.2) is 28.7 Å². The van der Waals surface area contributed by atoms with Crippen LogP contribution in [0.25, 0.3) is 0 Å². The summed E-state index contributed by atoms with van der Waals surface area (Å²) in [5.41, 5.74) is 1.04. The van der Waals surface area contributed by atoms with Gasteiger partial charge in [-0.15, -0.1) is 0 Å². The van der Waals surface area contributed by atoms with E-state index in [0.717, 1.165) is 12.8 Å². The molecule has 4 rings (SSSR count). The van der Waals surface area contributed by atoms with Crippen LogP contribution in [-0.2, 0) is 17.9 Å². The number of carbonyl (C=O) groups is 1. The molecule has 2 aromatic rings. The summed E-state index contributed by atoms with van der Waals surface area (Å²) in [7, 11) is 0. The van der Waals surface area contributed by atoms with Crippen LogP contribution < -0.4 is 0 Å². The van der Waals surface area contributed by atoms with E-state index in [2.05, 4.69) is 25.9 Å². The van der Waals surface area contributed by atoms with Crippen LogP contribution in [0, 0.1) is 5.82 Å². The SMILES string of the molecule is O=C(Cn1nc(C(F)F)c(Br)c1C1CC1)N1CCN(Cc2ccccc2F)CC1. The van der Waals surface area contributed by atoms with E-state index in [0.29, 0.717) is 48.5 Å². The standard InChI is InChI=1S/C20H22BrF3N4O/c21-17-18(20(23)24)25-28(19(17)13-5-6-13)12-16(29)27-9-7-26(8-10-27)11-14-3-1-2-4-15(14)22/h1-4,13,20H,5-12H2. The third kappa shape index (κ3) is 4.50. The molecule has 2 aliphatic rings. The van der Waals surface area contributed by atoms with E-state index in [1.165, 1.54) is 10.7 Å². The summed E-state index contributed by atoms with van der Waals surface area (Å²) in [6, 6.07) is 6.69. The monoisotopic (exact) mass is 470 g/mol. The summed E-state index contributed by atoms with van der Waals surface area (Å²) in [5, 5.41) is 4.01. The van der Waals surface area contributed by atoms with E-state index in [1.807, 2.05) is 6.07 Å². The molecule has 1 aromatic carbocycles. The smallest absolute Gasteiger partial charge is 0.283 e. The zero-order chi connectivity index (χ0) is 20.5. The molecule has 1 saturated heterocycles. The van der Waals surface area contributed by atoms with Crippen LogP contribution >= 0.6 is 15.9 Å². The quantitative estimate of drug-likeness (QED) is 0.641. The van der Waals surface area contributed by atoms with Gasteiger partial charge < -0.3 is 4.90 Å². The van der Waals surface area contributed by atoms with Gasteiger partial charge in [0.1, 0.15) is 18.1 Å². The van der Waals surface area contributed by atoms with Crippen molar-refractivity contribution in [3.8, 4) is 0 Å².